The molecule has 1 heterocycles. The van der Waals surface area contributed by atoms with Crippen molar-refractivity contribution in [2.24, 2.45) is 0 Å². The Kier molecular flexibility index (Phi) is 4.04. The maximum Gasteiger partial charge on any atom is 0.271 e. The molecule has 0 saturated carbocycles. The van der Waals surface area contributed by atoms with Crippen LogP contribution in [0.3, 0.4) is 0 Å². The van der Waals surface area contributed by atoms with Crippen LogP contribution in [0.4, 0.5) is 11.4 Å². The third-order valence-electron chi connectivity index (χ3n) is 2.52. The van der Waals surface area contributed by atoms with Crippen LogP contribution in [0.5, 0.6) is 0 Å². The van der Waals surface area contributed by atoms with Crippen molar-refractivity contribution in [3.05, 3.63) is 39.2 Å². The lowest BCUT2D eigenvalue weighted by molar-refractivity contribution is 0.603. The van der Waals surface area contributed by atoms with Gasteiger partial charge in [-0.15, -0.1) is 11.3 Å². The van der Waals surface area contributed by atoms with E-state index in [0.717, 1.165) is 15.8 Å². The zero-order valence-electron chi connectivity index (χ0n) is 10.3. The summed E-state index contributed by atoms with van der Waals surface area (Å²) in [5, 5.41) is 8.75. The molecule has 5 nitrogen and oxygen atoms in total. The lowest BCUT2D eigenvalue weighted by Gasteiger charge is -2.12. The highest BCUT2D eigenvalue weighted by Crippen LogP contribution is 2.31. The predicted molar refractivity (Wildman–Crippen MR) is 83.1 cm³/mol. The first-order chi connectivity index (χ1) is 9.33. The molecule has 0 saturated heterocycles. The van der Waals surface area contributed by atoms with E-state index in [-0.39, 0.29) is 4.21 Å². The van der Waals surface area contributed by atoms with Gasteiger partial charge in [-0.2, -0.15) is 5.26 Å². The van der Waals surface area contributed by atoms with E-state index >= 15 is 0 Å². The Balaban J connectivity index is 2.41. The van der Waals surface area contributed by atoms with Crippen LogP contribution in [0.25, 0.3) is 0 Å². The van der Waals surface area contributed by atoms with Gasteiger partial charge in [-0.3, -0.25) is 4.72 Å². The van der Waals surface area contributed by atoms with Gasteiger partial charge >= 0.3 is 0 Å². The molecular weight excluding hydrogens is 362 g/mol. The number of nitrogen functional groups attached to an aromatic ring is 1. The van der Waals surface area contributed by atoms with Crippen LogP contribution >= 0.6 is 27.3 Å². The van der Waals surface area contributed by atoms with Crippen LogP contribution in [0.15, 0.2) is 32.9 Å². The highest BCUT2D eigenvalue weighted by Gasteiger charge is 2.19. The third kappa shape index (κ3) is 2.95. The van der Waals surface area contributed by atoms with Crippen molar-refractivity contribution in [3.8, 4) is 6.07 Å². The summed E-state index contributed by atoms with van der Waals surface area (Å²) in [5.41, 5.74) is 7.22. The number of nitrogens with two attached hydrogens (primary N) is 1. The number of nitriles is 1. The normalized spacial score (nSPS) is 11.1. The van der Waals surface area contributed by atoms with E-state index < -0.39 is 10.0 Å². The first-order valence-electron chi connectivity index (χ1n) is 5.42. The molecule has 0 unspecified atom stereocenters. The van der Waals surface area contributed by atoms with Crippen LogP contribution in [-0.4, -0.2) is 8.42 Å². The first kappa shape index (κ1) is 14.8. The topological polar surface area (TPSA) is 96.0 Å². The molecule has 0 fully saturated rings. The first-order valence-corrected chi connectivity index (χ1v) is 8.51. The Hall–Kier alpha value is -1.56. The minimum Gasteiger partial charge on any atom is -0.397 e. The highest BCUT2D eigenvalue weighted by atomic mass is 79.9. The molecule has 0 atom stereocenters. The van der Waals surface area contributed by atoms with Gasteiger partial charge in [-0.25, -0.2) is 8.42 Å². The van der Waals surface area contributed by atoms with E-state index in [1.54, 1.807) is 19.1 Å². The van der Waals surface area contributed by atoms with E-state index in [1.807, 2.05) is 6.07 Å². The molecule has 1 aromatic heterocycles. The molecule has 104 valence electrons. The summed E-state index contributed by atoms with van der Waals surface area (Å²) in [4.78, 5) is 0.339. The number of thiophene rings is 1. The number of anilines is 2. The van der Waals surface area contributed by atoms with Gasteiger partial charge in [0, 0.05) is 4.47 Å². The van der Waals surface area contributed by atoms with E-state index in [9.17, 15) is 8.42 Å². The Morgan fingerprint density at radius 1 is 1.40 bits per heavy atom. The molecule has 20 heavy (non-hydrogen) atoms. The molecule has 0 amide bonds. The zero-order chi connectivity index (χ0) is 14.9. The van der Waals surface area contributed by atoms with E-state index in [0.29, 0.717) is 21.8 Å². The molecule has 1 aromatic carbocycles. The Morgan fingerprint density at radius 3 is 2.65 bits per heavy atom. The Bertz CT molecular complexity index is 783. The summed E-state index contributed by atoms with van der Waals surface area (Å²) >= 11 is 4.21. The fourth-order valence-corrected chi connectivity index (χ4v) is 4.47. The van der Waals surface area contributed by atoms with Crippen molar-refractivity contribution in [3.63, 3.8) is 0 Å². The second kappa shape index (κ2) is 5.44. The molecule has 2 aromatic rings. The smallest absolute Gasteiger partial charge is 0.271 e. The van der Waals surface area contributed by atoms with Crippen molar-refractivity contribution >= 4 is 48.7 Å². The van der Waals surface area contributed by atoms with E-state index in [1.165, 1.54) is 12.1 Å². The van der Waals surface area contributed by atoms with Crippen LogP contribution in [0.1, 0.15) is 10.4 Å². The van der Waals surface area contributed by atoms with Crippen molar-refractivity contribution < 1.29 is 8.42 Å². The minimum absolute atomic E-state index is 0.0794. The number of benzene rings is 1. The van der Waals surface area contributed by atoms with E-state index in [4.69, 9.17) is 11.0 Å². The molecule has 8 heteroatoms. The number of sulfonamides is 1. The third-order valence-corrected chi connectivity index (χ3v) is 5.81. The summed E-state index contributed by atoms with van der Waals surface area (Å²) < 4.78 is 27.8. The van der Waals surface area contributed by atoms with Gasteiger partial charge in [0.15, 0.2) is 0 Å². The summed E-state index contributed by atoms with van der Waals surface area (Å²) in [7, 11) is -3.74. The quantitative estimate of drug-likeness (QED) is 0.810. The van der Waals surface area contributed by atoms with E-state index in [2.05, 4.69) is 20.7 Å². The summed E-state index contributed by atoms with van der Waals surface area (Å²) in [5.74, 6) is 0. The van der Waals surface area contributed by atoms with Gasteiger partial charge < -0.3 is 5.73 Å². The van der Waals surface area contributed by atoms with Crippen LogP contribution in [0, 0.1) is 18.3 Å². The standard InChI is InChI=1S/C12H10BrN3O2S2/c1-7-4-8(13)5-10(15)12(7)16-20(17,18)11-3-2-9(6-14)19-11/h2-5,16H,15H2,1H3. The largest absolute Gasteiger partial charge is 0.397 e. The van der Waals surface area contributed by atoms with Crippen molar-refractivity contribution in [2.75, 3.05) is 10.5 Å². The lowest BCUT2D eigenvalue weighted by atomic mass is 10.2. The van der Waals surface area contributed by atoms with Crippen LogP contribution < -0.4 is 10.5 Å². The van der Waals surface area contributed by atoms with Crippen LogP contribution in [0.2, 0.25) is 0 Å². The number of nitrogens with one attached hydrogen (secondary N) is 1. The van der Waals surface area contributed by atoms with Crippen molar-refractivity contribution in [1.82, 2.24) is 0 Å². The number of rotatable bonds is 3. The highest BCUT2D eigenvalue weighted by molar-refractivity contribution is 9.10. The fourth-order valence-electron chi connectivity index (χ4n) is 1.62. The summed E-state index contributed by atoms with van der Waals surface area (Å²) in [6.45, 7) is 1.76. The van der Waals surface area contributed by atoms with Gasteiger partial charge in [0.2, 0.25) is 0 Å². The second-order valence-electron chi connectivity index (χ2n) is 4.02. The van der Waals surface area contributed by atoms with Gasteiger partial charge in [0.05, 0.1) is 11.4 Å². The second-order valence-corrected chi connectivity index (χ2v) is 7.93. The average molecular weight is 372 g/mol. The SMILES string of the molecule is Cc1cc(Br)cc(N)c1NS(=O)(=O)c1ccc(C#N)s1. The summed E-state index contributed by atoms with van der Waals surface area (Å²) in [6.07, 6.45) is 0. The Labute approximate surface area is 129 Å². The lowest BCUT2D eigenvalue weighted by Crippen LogP contribution is -2.14. The van der Waals surface area contributed by atoms with Crippen molar-refractivity contribution in [2.45, 2.75) is 11.1 Å². The van der Waals surface area contributed by atoms with Gasteiger partial charge in [0.25, 0.3) is 10.0 Å². The molecule has 0 aliphatic heterocycles. The zero-order valence-corrected chi connectivity index (χ0v) is 13.6. The van der Waals surface area contributed by atoms with Gasteiger partial charge in [0.1, 0.15) is 15.2 Å². The average Bonchev–Trinajstić information content (AvgIpc) is 2.83. The maximum atomic E-state index is 12.2. The molecule has 2 rings (SSSR count). The number of nitrogens with zero attached hydrogens (tertiary/aromatic N) is 1. The molecule has 0 radical (unpaired) electrons. The maximum absolute atomic E-state index is 12.2. The molecule has 0 aliphatic rings. The predicted octanol–water partition coefficient (Wildman–Crippen LogP) is 3.07. The number of halogens is 1. The fraction of sp³-hybridized carbons (Fsp3) is 0.0833. The van der Waals surface area contributed by atoms with Gasteiger partial charge in [-0.1, -0.05) is 15.9 Å². The van der Waals surface area contributed by atoms with Crippen molar-refractivity contribution in [1.29, 1.82) is 5.26 Å². The minimum atomic E-state index is -3.74. The number of hydrogen-bond donors (Lipinski definition) is 2. The number of hydrogen-bond acceptors (Lipinski definition) is 5. The molecule has 0 bridgehead atoms. The monoisotopic (exact) mass is 371 g/mol. The molecule has 0 aliphatic carbocycles. The molecule has 3 N–H and O–H groups in total. The molecular formula is C12H10BrN3O2S2. The molecule has 0 spiro atoms. The Morgan fingerprint density at radius 2 is 2.10 bits per heavy atom. The number of aryl methyl sites for hydroxylation is 1. The summed E-state index contributed by atoms with van der Waals surface area (Å²) in [6, 6.07) is 8.17. The van der Waals surface area contributed by atoms with Gasteiger partial charge in [-0.05, 0) is 36.8 Å². The van der Waals surface area contributed by atoms with Crippen LogP contribution in [-0.2, 0) is 10.0 Å².